The third-order valence-corrected chi connectivity index (χ3v) is 3.93. The van der Waals surface area contributed by atoms with Crippen molar-refractivity contribution in [1.82, 2.24) is 14.8 Å². The Labute approximate surface area is 124 Å². The Kier molecular flexibility index (Phi) is 3.07. The summed E-state index contributed by atoms with van der Waals surface area (Å²) >= 11 is 9.84. The molecule has 0 radical (unpaired) electrons. The van der Waals surface area contributed by atoms with Crippen LogP contribution in [0.3, 0.4) is 0 Å². The van der Waals surface area contributed by atoms with Gasteiger partial charge in [0.1, 0.15) is 0 Å². The molecule has 0 unspecified atom stereocenters. The normalized spacial score (nSPS) is 11.2. The van der Waals surface area contributed by atoms with Crippen LogP contribution in [-0.2, 0) is 7.05 Å². The highest BCUT2D eigenvalue weighted by Gasteiger charge is 2.11. The number of benzene rings is 1. The summed E-state index contributed by atoms with van der Waals surface area (Å²) in [7, 11) is 1.90. The summed E-state index contributed by atoms with van der Waals surface area (Å²) in [6, 6.07) is 7.86. The Hall–Kier alpha value is -1.39. The van der Waals surface area contributed by atoms with E-state index in [0.29, 0.717) is 0 Å². The monoisotopic (exact) mass is 335 g/mol. The van der Waals surface area contributed by atoms with Gasteiger partial charge in [-0.15, -0.1) is 0 Å². The maximum Gasteiger partial charge on any atom is 0.0935 e. The average molecular weight is 337 g/mol. The largest absolute Gasteiger partial charge is 0.275 e. The number of pyridine rings is 1. The Morgan fingerprint density at radius 3 is 2.74 bits per heavy atom. The lowest BCUT2D eigenvalue weighted by molar-refractivity contribution is 0.771. The van der Waals surface area contributed by atoms with Crippen molar-refractivity contribution in [2.45, 2.75) is 6.92 Å². The number of rotatable bonds is 1. The summed E-state index contributed by atoms with van der Waals surface area (Å²) in [6.45, 7) is 1.94. The first-order valence-electron chi connectivity index (χ1n) is 5.81. The van der Waals surface area contributed by atoms with Crippen molar-refractivity contribution in [3.05, 3.63) is 45.7 Å². The lowest BCUT2D eigenvalue weighted by Gasteiger charge is -2.07. The fraction of sp³-hybridized carbons (Fsp3) is 0.143. The number of fused-ring (bicyclic) bond motifs is 1. The molecule has 0 amide bonds. The maximum atomic E-state index is 6.26. The summed E-state index contributed by atoms with van der Waals surface area (Å²) in [5.74, 6) is 0. The molecule has 0 aliphatic heterocycles. The molecule has 3 nitrogen and oxygen atoms in total. The summed E-state index contributed by atoms with van der Waals surface area (Å²) in [4.78, 5) is 4.53. The Balaban J connectivity index is 2.30. The lowest BCUT2D eigenvalue weighted by atomic mass is 10.1. The fourth-order valence-corrected chi connectivity index (χ4v) is 2.94. The van der Waals surface area contributed by atoms with Crippen LogP contribution >= 0.6 is 27.5 Å². The maximum absolute atomic E-state index is 6.26. The molecular formula is C14H11BrClN3. The van der Waals surface area contributed by atoms with Crippen LogP contribution < -0.4 is 0 Å². The van der Waals surface area contributed by atoms with E-state index in [9.17, 15) is 0 Å². The SMILES string of the molecule is Cc1cc(Cl)c2cc(Br)c(-c3ccn(C)n3)cc2n1. The predicted octanol–water partition coefficient (Wildman–Crippen LogP) is 4.36. The molecule has 0 aliphatic rings. The van der Waals surface area contributed by atoms with E-state index in [2.05, 4.69) is 26.0 Å². The number of hydrogen-bond donors (Lipinski definition) is 0. The zero-order valence-corrected chi connectivity index (χ0v) is 12.8. The minimum absolute atomic E-state index is 0.718. The molecule has 19 heavy (non-hydrogen) atoms. The molecule has 0 saturated heterocycles. The van der Waals surface area contributed by atoms with Gasteiger partial charge < -0.3 is 0 Å². The molecule has 0 spiro atoms. The van der Waals surface area contributed by atoms with Crippen molar-refractivity contribution in [3.63, 3.8) is 0 Å². The molecule has 0 bridgehead atoms. The molecule has 3 rings (SSSR count). The third-order valence-electron chi connectivity index (χ3n) is 2.96. The zero-order chi connectivity index (χ0) is 13.6. The van der Waals surface area contributed by atoms with Gasteiger partial charge in [-0.2, -0.15) is 5.10 Å². The molecule has 0 N–H and O–H groups in total. The molecular weight excluding hydrogens is 326 g/mol. The number of hydrogen-bond acceptors (Lipinski definition) is 2. The number of aromatic nitrogens is 3. The molecule has 0 fully saturated rings. The van der Waals surface area contributed by atoms with Gasteiger partial charge in [-0.1, -0.05) is 27.5 Å². The van der Waals surface area contributed by atoms with Crippen LogP contribution in [0.2, 0.25) is 5.02 Å². The van der Waals surface area contributed by atoms with Crippen LogP contribution in [0.25, 0.3) is 22.2 Å². The van der Waals surface area contributed by atoms with Crippen LogP contribution in [0.4, 0.5) is 0 Å². The van der Waals surface area contributed by atoms with Gasteiger partial charge in [0, 0.05) is 34.4 Å². The van der Waals surface area contributed by atoms with E-state index in [1.165, 1.54) is 0 Å². The first-order chi connectivity index (χ1) is 9.04. The van der Waals surface area contributed by atoms with Gasteiger partial charge in [0.2, 0.25) is 0 Å². The standard InChI is InChI=1S/C14H11BrClN3/c1-8-5-12(16)10-6-11(15)9(7-14(10)17-8)13-3-4-19(2)18-13/h3-7H,1-2H3. The predicted molar refractivity (Wildman–Crippen MR) is 81.4 cm³/mol. The van der Waals surface area contributed by atoms with Crippen LogP contribution in [0.5, 0.6) is 0 Å². The minimum Gasteiger partial charge on any atom is -0.275 e. The van der Waals surface area contributed by atoms with E-state index in [1.807, 2.05) is 44.4 Å². The molecule has 96 valence electrons. The van der Waals surface area contributed by atoms with E-state index in [1.54, 1.807) is 4.68 Å². The van der Waals surface area contributed by atoms with Crippen molar-refractivity contribution in [1.29, 1.82) is 0 Å². The Morgan fingerprint density at radius 2 is 2.05 bits per heavy atom. The molecule has 2 heterocycles. The topological polar surface area (TPSA) is 30.7 Å². The summed E-state index contributed by atoms with van der Waals surface area (Å²) in [6.07, 6.45) is 1.92. The smallest absolute Gasteiger partial charge is 0.0935 e. The summed E-state index contributed by atoms with van der Waals surface area (Å²) in [5, 5.41) is 6.08. The van der Waals surface area contributed by atoms with Crippen LogP contribution in [0.15, 0.2) is 34.9 Å². The van der Waals surface area contributed by atoms with Crippen molar-refractivity contribution in [2.75, 3.05) is 0 Å². The van der Waals surface area contributed by atoms with Gasteiger partial charge in [0.15, 0.2) is 0 Å². The second-order valence-corrected chi connectivity index (χ2v) is 5.73. The number of halogens is 2. The molecule has 0 saturated carbocycles. The van der Waals surface area contributed by atoms with Crippen molar-refractivity contribution < 1.29 is 0 Å². The second kappa shape index (κ2) is 4.62. The van der Waals surface area contributed by atoms with Crippen LogP contribution in [0, 0.1) is 6.92 Å². The number of nitrogens with zero attached hydrogens (tertiary/aromatic N) is 3. The molecule has 5 heteroatoms. The van der Waals surface area contributed by atoms with Crippen LogP contribution in [-0.4, -0.2) is 14.8 Å². The van der Waals surface area contributed by atoms with Gasteiger partial charge in [-0.3, -0.25) is 9.67 Å². The molecule has 0 atom stereocenters. The van der Waals surface area contributed by atoms with Gasteiger partial charge in [-0.05, 0) is 31.2 Å². The van der Waals surface area contributed by atoms with E-state index in [4.69, 9.17) is 11.6 Å². The van der Waals surface area contributed by atoms with Gasteiger partial charge in [0.05, 0.1) is 16.2 Å². The lowest BCUT2D eigenvalue weighted by Crippen LogP contribution is -1.90. The van der Waals surface area contributed by atoms with Crippen molar-refractivity contribution in [2.24, 2.45) is 7.05 Å². The molecule has 3 aromatic rings. The highest BCUT2D eigenvalue weighted by molar-refractivity contribution is 9.10. The van der Waals surface area contributed by atoms with E-state index in [0.717, 1.165) is 37.3 Å². The molecule has 2 aromatic heterocycles. The van der Waals surface area contributed by atoms with Crippen molar-refractivity contribution in [3.8, 4) is 11.3 Å². The molecule has 1 aromatic carbocycles. The fourth-order valence-electron chi connectivity index (χ4n) is 2.08. The number of aryl methyl sites for hydroxylation is 2. The van der Waals surface area contributed by atoms with Gasteiger partial charge >= 0.3 is 0 Å². The molecule has 0 aliphatic carbocycles. The van der Waals surface area contributed by atoms with Crippen molar-refractivity contribution >= 4 is 38.4 Å². The highest BCUT2D eigenvalue weighted by Crippen LogP contribution is 2.33. The third kappa shape index (κ3) is 2.26. The first-order valence-corrected chi connectivity index (χ1v) is 6.98. The van der Waals surface area contributed by atoms with E-state index < -0.39 is 0 Å². The zero-order valence-electron chi connectivity index (χ0n) is 10.5. The van der Waals surface area contributed by atoms with Gasteiger partial charge in [-0.25, -0.2) is 0 Å². The minimum atomic E-state index is 0.718. The van der Waals surface area contributed by atoms with Crippen LogP contribution in [0.1, 0.15) is 5.69 Å². The Morgan fingerprint density at radius 1 is 1.26 bits per heavy atom. The van der Waals surface area contributed by atoms with Gasteiger partial charge in [0.25, 0.3) is 0 Å². The van der Waals surface area contributed by atoms with E-state index >= 15 is 0 Å². The van der Waals surface area contributed by atoms with E-state index in [-0.39, 0.29) is 0 Å². The summed E-state index contributed by atoms with van der Waals surface area (Å²) in [5.41, 5.74) is 3.72. The quantitative estimate of drug-likeness (QED) is 0.661. The highest BCUT2D eigenvalue weighted by atomic mass is 79.9. The Bertz CT molecular complexity index is 780. The second-order valence-electron chi connectivity index (χ2n) is 4.47. The average Bonchev–Trinajstić information content (AvgIpc) is 2.76. The summed E-state index contributed by atoms with van der Waals surface area (Å²) < 4.78 is 2.74. The first kappa shape index (κ1) is 12.6.